The molecule has 0 spiro atoms. The fraction of sp³-hybridized carbons (Fsp3) is 0.611. The summed E-state index contributed by atoms with van der Waals surface area (Å²) in [4.78, 5) is 14.2. The van der Waals surface area contributed by atoms with Crippen molar-refractivity contribution in [1.82, 2.24) is 15.5 Å². The second kappa shape index (κ2) is 8.89. The molecule has 1 aromatic carbocycles. The summed E-state index contributed by atoms with van der Waals surface area (Å²) < 4.78 is 5.72. The molecule has 2 N–H and O–H groups in total. The fourth-order valence-electron chi connectivity index (χ4n) is 2.92. The SMILES string of the molecule is Cc1ccc(CNC(=O)NCCCN2C[C@@H](C)O[C@H](C)C2)cc1. The van der Waals surface area contributed by atoms with Gasteiger partial charge in [-0.1, -0.05) is 29.8 Å². The van der Waals surface area contributed by atoms with Crippen LogP contribution in [0, 0.1) is 6.92 Å². The first-order valence-electron chi connectivity index (χ1n) is 8.48. The highest BCUT2D eigenvalue weighted by molar-refractivity contribution is 5.73. The highest BCUT2D eigenvalue weighted by Crippen LogP contribution is 2.10. The van der Waals surface area contributed by atoms with Gasteiger partial charge < -0.3 is 15.4 Å². The highest BCUT2D eigenvalue weighted by Gasteiger charge is 2.21. The molecule has 1 heterocycles. The van der Waals surface area contributed by atoms with Gasteiger partial charge in [-0.15, -0.1) is 0 Å². The number of nitrogens with zero attached hydrogens (tertiary/aromatic N) is 1. The Morgan fingerprint density at radius 2 is 1.83 bits per heavy atom. The van der Waals surface area contributed by atoms with E-state index in [-0.39, 0.29) is 6.03 Å². The van der Waals surface area contributed by atoms with E-state index in [4.69, 9.17) is 4.74 Å². The zero-order valence-corrected chi connectivity index (χ0v) is 14.5. The van der Waals surface area contributed by atoms with Crippen LogP contribution in [-0.4, -0.2) is 49.3 Å². The van der Waals surface area contributed by atoms with Crippen LogP contribution >= 0.6 is 0 Å². The van der Waals surface area contributed by atoms with Gasteiger partial charge in [0.15, 0.2) is 0 Å². The second-order valence-corrected chi connectivity index (χ2v) is 6.47. The van der Waals surface area contributed by atoms with Gasteiger partial charge in [0.05, 0.1) is 12.2 Å². The summed E-state index contributed by atoms with van der Waals surface area (Å²) in [5, 5.41) is 5.81. The molecule has 0 radical (unpaired) electrons. The van der Waals surface area contributed by atoms with Crippen LogP contribution in [0.1, 0.15) is 31.4 Å². The highest BCUT2D eigenvalue weighted by atomic mass is 16.5. The molecule has 2 amide bonds. The number of nitrogens with one attached hydrogen (secondary N) is 2. The molecule has 128 valence electrons. The average molecular weight is 319 g/mol. The molecular formula is C18H29N3O2. The molecule has 1 aliphatic rings. The molecule has 2 atom stereocenters. The van der Waals surface area contributed by atoms with E-state index in [1.54, 1.807) is 0 Å². The molecule has 5 nitrogen and oxygen atoms in total. The van der Waals surface area contributed by atoms with Gasteiger partial charge >= 0.3 is 6.03 Å². The molecule has 0 bridgehead atoms. The molecule has 1 aliphatic heterocycles. The quantitative estimate of drug-likeness (QED) is 0.791. The summed E-state index contributed by atoms with van der Waals surface area (Å²) in [6.45, 7) is 10.5. The van der Waals surface area contributed by atoms with Crippen molar-refractivity contribution in [3.63, 3.8) is 0 Å². The minimum absolute atomic E-state index is 0.103. The molecule has 0 aliphatic carbocycles. The molecule has 1 fully saturated rings. The van der Waals surface area contributed by atoms with Crippen molar-refractivity contribution in [2.75, 3.05) is 26.2 Å². The Hall–Kier alpha value is -1.59. The number of carbonyl (C=O) groups is 1. The normalized spacial score (nSPS) is 21.9. The maximum absolute atomic E-state index is 11.8. The Morgan fingerprint density at radius 1 is 1.17 bits per heavy atom. The van der Waals surface area contributed by atoms with Gasteiger partial charge in [-0.05, 0) is 32.8 Å². The van der Waals surface area contributed by atoms with Crippen LogP contribution in [0.5, 0.6) is 0 Å². The molecule has 2 rings (SSSR count). The Kier molecular flexibility index (Phi) is 6.86. The lowest BCUT2D eigenvalue weighted by molar-refractivity contribution is -0.0679. The summed E-state index contributed by atoms with van der Waals surface area (Å²) in [5.74, 6) is 0. The zero-order chi connectivity index (χ0) is 16.7. The van der Waals surface area contributed by atoms with Gasteiger partial charge in [0.1, 0.15) is 0 Å². The molecular weight excluding hydrogens is 290 g/mol. The molecule has 0 aromatic heterocycles. The van der Waals surface area contributed by atoms with Crippen LogP contribution in [0.3, 0.4) is 0 Å². The lowest BCUT2D eigenvalue weighted by atomic mass is 10.1. The Labute approximate surface area is 139 Å². The number of aryl methyl sites for hydroxylation is 1. The summed E-state index contributed by atoms with van der Waals surface area (Å²) >= 11 is 0. The Bertz CT molecular complexity index is 480. The number of benzene rings is 1. The van der Waals surface area contributed by atoms with Crippen LogP contribution in [0.25, 0.3) is 0 Å². The largest absolute Gasteiger partial charge is 0.373 e. The second-order valence-electron chi connectivity index (χ2n) is 6.47. The van der Waals surface area contributed by atoms with Crippen molar-refractivity contribution >= 4 is 6.03 Å². The van der Waals surface area contributed by atoms with Gasteiger partial charge in [-0.2, -0.15) is 0 Å². The predicted octanol–water partition coefficient (Wildman–Crippen LogP) is 2.29. The standard InChI is InChI=1S/C18H29N3O2/c1-14-5-7-17(8-6-14)11-20-18(22)19-9-4-10-21-12-15(2)23-16(3)13-21/h5-8,15-16H,4,9-13H2,1-3H3,(H2,19,20,22)/t15-,16-/m1/s1. The fourth-order valence-corrected chi connectivity index (χ4v) is 2.92. The monoisotopic (exact) mass is 319 g/mol. The van der Waals surface area contributed by atoms with Crippen molar-refractivity contribution in [2.24, 2.45) is 0 Å². The first-order valence-corrected chi connectivity index (χ1v) is 8.48. The maximum atomic E-state index is 11.8. The number of ether oxygens (including phenoxy) is 1. The molecule has 23 heavy (non-hydrogen) atoms. The van der Waals surface area contributed by atoms with E-state index in [1.807, 2.05) is 12.1 Å². The number of rotatable bonds is 6. The van der Waals surface area contributed by atoms with E-state index < -0.39 is 0 Å². The van der Waals surface area contributed by atoms with Gasteiger partial charge in [-0.3, -0.25) is 4.90 Å². The van der Waals surface area contributed by atoms with Crippen LogP contribution in [0.2, 0.25) is 0 Å². The smallest absolute Gasteiger partial charge is 0.315 e. The van der Waals surface area contributed by atoms with E-state index >= 15 is 0 Å². The minimum Gasteiger partial charge on any atom is -0.373 e. The van der Waals surface area contributed by atoms with E-state index in [0.29, 0.717) is 25.3 Å². The number of hydrogen-bond acceptors (Lipinski definition) is 3. The third-order valence-electron chi connectivity index (χ3n) is 4.01. The number of morpholine rings is 1. The van der Waals surface area contributed by atoms with E-state index in [9.17, 15) is 4.79 Å². The summed E-state index contributed by atoms with van der Waals surface area (Å²) in [5.41, 5.74) is 2.34. The minimum atomic E-state index is -0.103. The van der Waals surface area contributed by atoms with Crippen molar-refractivity contribution in [2.45, 2.75) is 45.9 Å². The van der Waals surface area contributed by atoms with Gasteiger partial charge in [0, 0.05) is 32.7 Å². The molecule has 1 aromatic rings. The number of hydrogen-bond donors (Lipinski definition) is 2. The third kappa shape index (κ3) is 6.59. The van der Waals surface area contributed by atoms with Crippen LogP contribution in [0.4, 0.5) is 4.79 Å². The first kappa shape index (κ1) is 17.8. The van der Waals surface area contributed by atoms with Crippen molar-refractivity contribution in [3.8, 4) is 0 Å². The summed E-state index contributed by atoms with van der Waals surface area (Å²) in [6, 6.07) is 8.08. The van der Waals surface area contributed by atoms with Crippen molar-refractivity contribution in [1.29, 1.82) is 0 Å². The molecule has 0 saturated carbocycles. The van der Waals surface area contributed by atoms with Gasteiger partial charge in [0.2, 0.25) is 0 Å². The summed E-state index contributed by atoms with van der Waals surface area (Å²) in [6.07, 6.45) is 1.55. The van der Waals surface area contributed by atoms with Crippen LogP contribution in [-0.2, 0) is 11.3 Å². The Morgan fingerprint density at radius 3 is 2.48 bits per heavy atom. The van der Waals surface area contributed by atoms with E-state index in [1.165, 1.54) is 5.56 Å². The van der Waals surface area contributed by atoms with Crippen LogP contribution in [0.15, 0.2) is 24.3 Å². The lowest BCUT2D eigenvalue weighted by Gasteiger charge is -2.35. The average Bonchev–Trinajstić information content (AvgIpc) is 2.50. The molecule has 5 heteroatoms. The van der Waals surface area contributed by atoms with Gasteiger partial charge in [0.25, 0.3) is 0 Å². The maximum Gasteiger partial charge on any atom is 0.315 e. The lowest BCUT2D eigenvalue weighted by Crippen LogP contribution is -2.46. The number of amides is 2. The van der Waals surface area contributed by atoms with Crippen LogP contribution < -0.4 is 10.6 Å². The zero-order valence-electron chi connectivity index (χ0n) is 14.5. The Balaban J connectivity index is 1.57. The van der Waals surface area contributed by atoms with Crippen molar-refractivity contribution < 1.29 is 9.53 Å². The van der Waals surface area contributed by atoms with E-state index in [2.05, 4.69) is 48.4 Å². The van der Waals surface area contributed by atoms with E-state index in [0.717, 1.165) is 31.6 Å². The first-order chi connectivity index (χ1) is 11.0. The topological polar surface area (TPSA) is 53.6 Å². The predicted molar refractivity (Wildman–Crippen MR) is 92.5 cm³/mol. The molecule has 1 saturated heterocycles. The van der Waals surface area contributed by atoms with Gasteiger partial charge in [-0.25, -0.2) is 4.79 Å². The number of urea groups is 1. The third-order valence-corrected chi connectivity index (χ3v) is 4.01. The summed E-state index contributed by atoms with van der Waals surface area (Å²) in [7, 11) is 0. The number of carbonyl (C=O) groups excluding carboxylic acids is 1. The van der Waals surface area contributed by atoms with Crippen molar-refractivity contribution in [3.05, 3.63) is 35.4 Å². The molecule has 0 unspecified atom stereocenters.